The molecule has 0 bridgehead atoms. The molecule has 1 amide bonds. The van der Waals surface area contributed by atoms with Crippen molar-refractivity contribution in [3.05, 3.63) is 11.8 Å². The van der Waals surface area contributed by atoms with Crippen molar-refractivity contribution in [2.24, 2.45) is 5.92 Å². The van der Waals surface area contributed by atoms with E-state index < -0.39 is 0 Å². The highest BCUT2D eigenvalue weighted by atomic mass is 32.1. The number of amides is 1. The molecule has 5 heteroatoms. The third-order valence-electron chi connectivity index (χ3n) is 3.07. The first-order chi connectivity index (χ1) is 8.02. The fourth-order valence-electron chi connectivity index (χ4n) is 2.21. The summed E-state index contributed by atoms with van der Waals surface area (Å²) in [4.78, 5) is 13.8. The van der Waals surface area contributed by atoms with Gasteiger partial charge >= 0.3 is 0 Å². The van der Waals surface area contributed by atoms with Crippen molar-refractivity contribution in [1.82, 2.24) is 9.78 Å². The second kappa shape index (κ2) is 4.72. The molecule has 4 nitrogen and oxygen atoms in total. The Morgan fingerprint density at radius 2 is 2.29 bits per heavy atom. The van der Waals surface area contributed by atoms with Gasteiger partial charge in [0.15, 0.2) is 0 Å². The molecule has 17 heavy (non-hydrogen) atoms. The summed E-state index contributed by atoms with van der Waals surface area (Å²) < 4.78 is 1.92. The highest BCUT2D eigenvalue weighted by Gasteiger charge is 2.32. The SMILES string of the molecule is Cc1cc(N2CC(CS)CC2=O)n(C(C)C)n1. The second-order valence-corrected chi connectivity index (χ2v) is 5.30. The zero-order valence-electron chi connectivity index (χ0n) is 10.6. The molecule has 0 aliphatic carbocycles. The van der Waals surface area contributed by atoms with Crippen LogP contribution in [0.1, 0.15) is 32.0 Å². The summed E-state index contributed by atoms with van der Waals surface area (Å²) >= 11 is 4.28. The van der Waals surface area contributed by atoms with Gasteiger partial charge in [-0.05, 0) is 32.4 Å². The molecule has 1 fully saturated rings. The van der Waals surface area contributed by atoms with Crippen molar-refractivity contribution < 1.29 is 4.79 Å². The Kier molecular flexibility index (Phi) is 3.47. The Morgan fingerprint density at radius 3 is 2.82 bits per heavy atom. The van der Waals surface area contributed by atoms with Crippen LogP contribution in [0.5, 0.6) is 0 Å². The summed E-state index contributed by atoms with van der Waals surface area (Å²) in [6.45, 7) is 6.87. The highest BCUT2D eigenvalue weighted by Crippen LogP contribution is 2.28. The summed E-state index contributed by atoms with van der Waals surface area (Å²) in [5, 5.41) is 4.44. The number of thiol groups is 1. The molecule has 0 spiro atoms. The first-order valence-electron chi connectivity index (χ1n) is 6.00. The smallest absolute Gasteiger partial charge is 0.228 e. The van der Waals surface area contributed by atoms with Gasteiger partial charge in [0.1, 0.15) is 5.82 Å². The Balaban J connectivity index is 2.31. The van der Waals surface area contributed by atoms with E-state index in [-0.39, 0.29) is 11.9 Å². The molecule has 1 atom stereocenters. The molecule has 0 N–H and O–H groups in total. The Morgan fingerprint density at radius 1 is 1.59 bits per heavy atom. The maximum atomic E-state index is 12.0. The molecule has 2 heterocycles. The lowest BCUT2D eigenvalue weighted by Gasteiger charge is -2.19. The molecule has 0 aromatic carbocycles. The second-order valence-electron chi connectivity index (χ2n) is 4.94. The van der Waals surface area contributed by atoms with Crippen LogP contribution in [0.15, 0.2) is 6.07 Å². The first kappa shape index (κ1) is 12.5. The molecule has 1 aromatic rings. The van der Waals surface area contributed by atoms with Gasteiger partial charge in [0.2, 0.25) is 5.91 Å². The lowest BCUT2D eigenvalue weighted by atomic mass is 10.1. The predicted octanol–water partition coefficient (Wildman–Crippen LogP) is 2.06. The summed E-state index contributed by atoms with van der Waals surface area (Å²) in [5.74, 6) is 2.23. The molecule has 1 aliphatic heterocycles. The third-order valence-corrected chi connectivity index (χ3v) is 3.58. The minimum absolute atomic E-state index is 0.186. The number of rotatable bonds is 3. The number of nitrogens with zero attached hydrogens (tertiary/aromatic N) is 3. The van der Waals surface area contributed by atoms with Crippen molar-refractivity contribution in [3.63, 3.8) is 0 Å². The van der Waals surface area contributed by atoms with Gasteiger partial charge in [-0.1, -0.05) is 0 Å². The van der Waals surface area contributed by atoms with Crippen LogP contribution in [0.4, 0.5) is 5.82 Å². The van der Waals surface area contributed by atoms with E-state index in [4.69, 9.17) is 0 Å². The number of aryl methyl sites for hydroxylation is 1. The predicted molar refractivity (Wildman–Crippen MR) is 71.7 cm³/mol. The van der Waals surface area contributed by atoms with Crippen molar-refractivity contribution in [2.45, 2.75) is 33.2 Å². The van der Waals surface area contributed by atoms with Gasteiger partial charge in [-0.15, -0.1) is 0 Å². The quantitative estimate of drug-likeness (QED) is 0.837. The molecule has 94 valence electrons. The van der Waals surface area contributed by atoms with Crippen LogP contribution in [0, 0.1) is 12.8 Å². The fraction of sp³-hybridized carbons (Fsp3) is 0.667. The number of carbonyl (C=O) groups is 1. The summed E-state index contributed by atoms with van der Waals surface area (Å²) in [6.07, 6.45) is 0.603. The van der Waals surface area contributed by atoms with Crippen molar-refractivity contribution in [2.75, 3.05) is 17.2 Å². The maximum Gasteiger partial charge on any atom is 0.228 e. The van der Waals surface area contributed by atoms with Crippen molar-refractivity contribution >= 4 is 24.4 Å². The van der Waals surface area contributed by atoms with Crippen LogP contribution in [-0.2, 0) is 4.79 Å². The van der Waals surface area contributed by atoms with E-state index >= 15 is 0 Å². The van der Waals surface area contributed by atoms with Crippen molar-refractivity contribution in [3.8, 4) is 0 Å². The van der Waals surface area contributed by atoms with Crippen LogP contribution >= 0.6 is 12.6 Å². The zero-order valence-corrected chi connectivity index (χ0v) is 11.4. The molecule has 1 aromatic heterocycles. The largest absolute Gasteiger partial charge is 0.297 e. The fourth-order valence-corrected chi connectivity index (χ4v) is 2.45. The lowest BCUT2D eigenvalue weighted by molar-refractivity contribution is -0.117. The molecule has 0 saturated carbocycles. The van der Waals surface area contributed by atoms with Gasteiger partial charge in [-0.3, -0.25) is 9.69 Å². The normalized spacial score (nSPS) is 20.6. The zero-order chi connectivity index (χ0) is 12.6. The van der Waals surface area contributed by atoms with Gasteiger partial charge in [-0.2, -0.15) is 17.7 Å². The number of hydrogen-bond donors (Lipinski definition) is 1. The monoisotopic (exact) mass is 253 g/mol. The average molecular weight is 253 g/mol. The Labute approximate surface area is 107 Å². The van der Waals surface area contributed by atoms with Gasteiger partial charge < -0.3 is 0 Å². The van der Waals surface area contributed by atoms with Gasteiger partial charge in [0.05, 0.1) is 5.69 Å². The molecular formula is C12H19N3OS. The lowest BCUT2D eigenvalue weighted by Crippen LogP contribution is -2.28. The molecule has 2 rings (SSSR count). The van der Waals surface area contributed by atoms with Crippen molar-refractivity contribution in [1.29, 1.82) is 0 Å². The molecule has 0 radical (unpaired) electrons. The maximum absolute atomic E-state index is 12.0. The highest BCUT2D eigenvalue weighted by molar-refractivity contribution is 7.80. The summed E-state index contributed by atoms with van der Waals surface area (Å²) in [6, 6.07) is 2.25. The average Bonchev–Trinajstić information content (AvgIpc) is 2.81. The Bertz CT molecular complexity index is 427. The molecular weight excluding hydrogens is 234 g/mol. The van der Waals surface area contributed by atoms with E-state index in [0.29, 0.717) is 12.3 Å². The molecule has 1 aliphatic rings. The number of carbonyl (C=O) groups excluding carboxylic acids is 1. The van der Waals surface area contributed by atoms with Gasteiger partial charge in [0, 0.05) is 25.1 Å². The topological polar surface area (TPSA) is 38.1 Å². The van der Waals surface area contributed by atoms with E-state index in [9.17, 15) is 4.79 Å². The molecule has 1 unspecified atom stereocenters. The van der Waals surface area contributed by atoms with Crippen LogP contribution in [0.3, 0.4) is 0 Å². The Hall–Kier alpha value is -0.970. The van der Waals surface area contributed by atoms with Crippen LogP contribution < -0.4 is 4.90 Å². The van der Waals surface area contributed by atoms with Gasteiger partial charge in [0.25, 0.3) is 0 Å². The standard InChI is InChI=1S/C12H19N3OS/c1-8(2)15-11(4-9(3)13-15)14-6-10(7-17)5-12(14)16/h4,8,10,17H,5-7H2,1-3H3. The van der Waals surface area contributed by atoms with E-state index in [1.165, 1.54) is 0 Å². The van der Waals surface area contributed by atoms with E-state index in [0.717, 1.165) is 23.8 Å². The van der Waals surface area contributed by atoms with E-state index in [1.807, 2.05) is 22.6 Å². The molecule has 1 saturated heterocycles. The summed E-state index contributed by atoms with van der Waals surface area (Å²) in [5.41, 5.74) is 0.954. The number of hydrogen-bond acceptors (Lipinski definition) is 3. The summed E-state index contributed by atoms with van der Waals surface area (Å²) in [7, 11) is 0. The minimum atomic E-state index is 0.186. The van der Waals surface area contributed by atoms with E-state index in [1.54, 1.807) is 0 Å². The minimum Gasteiger partial charge on any atom is -0.297 e. The van der Waals surface area contributed by atoms with Crippen LogP contribution in [0.25, 0.3) is 0 Å². The van der Waals surface area contributed by atoms with Crippen LogP contribution in [-0.4, -0.2) is 28.0 Å². The van der Waals surface area contributed by atoms with E-state index in [2.05, 4.69) is 31.6 Å². The number of anilines is 1. The van der Waals surface area contributed by atoms with Crippen LogP contribution in [0.2, 0.25) is 0 Å². The van der Waals surface area contributed by atoms with Gasteiger partial charge in [-0.25, -0.2) is 4.68 Å². The number of aromatic nitrogens is 2. The third kappa shape index (κ3) is 2.34. The first-order valence-corrected chi connectivity index (χ1v) is 6.63.